The maximum atomic E-state index is 13.3. The van der Waals surface area contributed by atoms with Gasteiger partial charge in [-0.25, -0.2) is 4.90 Å². The van der Waals surface area contributed by atoms with Crippen molar-refractivity contribution in [3.05, 3.63) is 88.5 Å². The van der Waals surface area contributed by atoms with E-state index in [-0.39, 0.29) is 11.5 Å². The first-order valence-electron chi connectivity index (χ1n) is 10.7. The Kier molecular flexibility index (Phi) is 4.78. The second-order valence-electron chi connectivity index (χ2n) is 7.92. The van der Waals surface area contributed by atoms with Crippen LogP contribution in [0.2, 0.25) is 0 Å². The summed E-state index contributed by atoms with van der Waals surface area (Å²) in [5, 5.41) is 0. The van der Waals surface area contributed by atoms with Gasteiger partial charge in [0.2, 0.25) is 0 Å². The van der Waals surface area contributed by atoms with Crippen LogP contribution in [0.15, 0.2) is 60.7 Å². The van der Waals surface area contributed by atoms with Gasteiger partial charge < -0.3 is 9.64 Å². The molecular formula is C26H22N2O4. The van der Waals surface area contributed by atoms with Gasteiger partial charge in [-0.1, -0.05) is 18.2 Å². The number of benzene rings is 3. The molecule has 6 nitrogen and oxygen atoms in total. The molecule has 0 aliphatic carbocycles. The van der Waals surface area contributed by atoms with Crippen LogP contribution in [0.4, 0.5) is 11.4 Å². The van der Waals surface area contributed by atoms with Crippen molar-refractivity contribution >= 4 is 29.1 Å². The van der Waals surface area contributed by atoms with Crippen molar-refractivity contribution in [1.82, 2.24) is 0 Å². The number of aryl methyl sites for hydroxylation is 1. The van der Waals surface area contributed by atoms with E-state index in [4.69, 9.17) is 4.74 Å². The molecule has 160 valence electrons. The first kappa shape index (κ1) is 20.0. The molecule has 0 aromatic heterocycles. The summed E-state index contributed by atoms with van der Waals surface area (Å²) in [6, 6.07) is 17.6. The molecule has 0 saturated heterocycles. The summed E-state index contributed by atoms with van der Waals surface area (Å²) < 4.78 is 5.43. The number of nitrogens with zero attached hydrogens (tertiary/aromatic N) is 2. The van der Waals surface area contributed by atoms with Gasteiger partial charge in [0, 0.05) is 12.1 Å². The van der Waals surface area contributed by atoms with E-state index in [9.17, 15) is 14.4 Å². The number of carbonyl (C=O) groups excluding carboxylic acids is 3. The molecule has 2 heterocycles. The number of rotatable bonds is 4. The Bertz CT molecular complexity index is 1260. The Balaban J connectivity index is 1.45. The van der Waals surface area contributed by atoms with Gasteiger partial charge in [0.15, 0.2) is 0 Å². The van der Waals surface area contributed by atoms with Gasteiger partial charge in [-0.05, 0) is 73.9 Å². The Hall–Kier alpha value is -3.93. The zero-order chi connectivity index (χ0) is 22.4. The van der Waals surface area contributed by atoms with Crippen LogP contribution < -0.4 is 14.5 Å². The topological polar surface area (TPSA) is 66.9 Å². The maximum absolute atomic E-state index is 13.3. The molecule has 0 unspecified atom stereocenters. The molecule has 32 heavy (non-hydrogen) atoms. The molecule has 5 rings (SSSR count). The average molecular weight is 426 g/mol. The van der Waals surface area contributed by atoms with E-state index in [0.29, 0.717) is 35.7 Å². The lowest BCUT2D eigenvalue weighted by Crippen LogP contribution is -2.30. The molecule has 0 bridgehead atoms. The van der Waals surface area contributed by atoms with Crippen LogP contribution in [-0.2, 0) is 6.42 Å². The Labute approximate surface area is 186 Å². The molecular weight excluding hydrogens is 404 g/mol. The van der Waals surface area contributed by atoms with Crippen molar-refractivity contribution < 1.29 is 19.1 Å². The molecule has 6 heteroatoms. The van der Waals surface area contributed by atoms with Crippen LogP contribution in [0.5, 0.6) is 5.75 Å². The highest BCUT2D eigenvalue weighted by Gasteiger charge is 2.38. The second kappa shape index (κ2) is 7.64. The molecule has 0 radical (unpaired) electrons. The third-order valence-electron chi connectivity index (χ3n) is 5.98. The van der Waals surface area contributed by atoms with Crippen molar-refractivity contribution in [2.24, 2.45) is 0 Å². The molecule has 0 spiro atoms. The van der Waals surface area contributed by atoms with Gasteiger partial charge in [0.1, 0.15) is 5.75 Å². The largest absolute Gasteiger partial charge is 0.494 e. The average Bonchev–Trinajstić information content (AvgIpc) is 3.34. The number of para-hydroxylation sites is 1. The summed E-state index contributed by atoms with van der Waals surface area (Å²) in [5.74, 6) is -0.320. The van der Waals surface area contributed by atoms with Crippen LogP contribution in [0.3, 0.4) is 0 Å². The molecule has 0 N–H and O–H groups in total. The van der Waals surface area contributed by atoms with Crippen molar-refractivity contribution in [1.29, 1.82) is 0 Å². The van der Waals surface area contributed by atoms with E-state index < -0.39 is 11.8 Å². The molecule has 0 saturated carbocycles. The van der Waals surface area contributed by atoms with Gasteiger partial charge in [-0.2, -0.15) is 0 Å². The van der Waals surface area contributed by atoms with Crippen molar-refractivity contribution in [3.63, 3.8) is 0 Å². The highest BCUT2D eigenvalue weighted by atomic mass is 16.5. The minimum Gasteiger partial charge on any atom is -0.494 e. The number of imide groups is 1. The lowest BCUT2D eigenvalue weighted by atomic mass is 10.0. The fourth-order valence-electron chi connectivity index (χ4n) is 4.48. The van der Waals surface area contributed by atoms with Crippen LogP contribution in [-0.4, -0.2) is 30.9 Å². The fourth-order valence-corrected chi connectivity index (χ4v) is 4.48. The summed E-state index contributed by atoms with van der Waals surface area (Å²) in [4.78, 5) is 42.3. The highest BCUT2D eigenvalue weighted by Crippen LogP contribution is 2.34. The summed E-state index contributed by atoms with van der Waals surface area (Å²) >= 11 is 0. The molecule has 2 aliphatic rings. The molecule has 3 amide bonds. The number of ether oxygens (including phenoxy) is 1. The zero-order valence-corrected chi connectivity index (χ0v) is 17.9. The number of carbonyl (C=O) groups is 3. The molecule has 0 fully saturated rings. The number of anilines is 2. The van der Waals surface area contributed by atoms with Crippen LogP contribution >= 0.6 is 0 Å². The van der Waals surface area contributed by atoms with E-state index in [2.05, 4.69) is 0 Å². The fraction of sp³-hybridized carbons (Fsp3) is 0.192. The number of hydrogen-bond acceptors (Lipinski definition) is 4. The monoisotopic (exact) mass is 426 g/mol. The molecule has 3 aromatic carbocycles. The first-order valence-corrected chi connectivity index (χ1v) is 10.7. The van der Waals surface area contributed by atoms with E-state index >= 15 is 0 Å². The van der Waals surface area contributed by atoms with E-state index in [1.54, 1.807) is 47.4 Å². The van der Waals surface area contributed by atoms with E-state index in [1.807, 2.05) is 32.0 Å². The van der Waals surface area contributed by atoms with Gasteiger partial charge in [-0.15, -0.1) is 0 Å². The highest BCUT2D eigenvalue weighted by molar-refractivity contribution is 6.34. The standard InChI is InChI=1S/C26H22N2O4/c1-3-32-20-10-8-19(9-11-20)28-25(30)21-12-7-18(15-22(21)26(28)31)24(29)27-14-13-17-6-4-5-16(2)23(17)27/h4-12,15H,3,13-14H2,1-2H3. The minimum absolute atomic E-state index is 0.166. The zero-order valence-electron chi connectivity index (χ0n) is 17.9. The summed E-state index contributed by atoms with van der Waals surface area (Å²) in [6.45, 7) is 5.01. The van der Waals surface area contributed by atoms with Crippen molar-refractivity contribution in [2.45, 2.75) is 20.3 Å². The predicted molar refractivity (Wildman–Crippen MR) is 122 cm³/mol. The van der Waals surface area contributed by atoms with Crippen molar-refractivity contribution in [3.8, 4) is 5.75 Å². The number of fused-ring (bicyclic) bond motifs is 2. The van der Waals surface area contributed by atoms with Gasteiger partial charge >= 0.3 is 0 Å². The second-order valence-corrected chi connectivity index (χ2v) is 7.92. The molecule has 0 atom stereocenters. The van der Waals surface area contributed by atoms with E-state index in [0.717, 1.165) is 28.1 Å². The number of hydrogen-bond donors (Lipinski definition) is 0. The van der Waals surface area contributed by atoms with Gasteiger partial charge in [0.05, 0.1) is 29.1 Å². The third-order valence-corrected chi connectivity index (χ3v) is 5.98. The smallest absolute Gasteiger partial charge is 0.266 e. The Morgan fingerprint density at radius 3 is 2.47 bits per heavy atom. The van der Waals surface area contributed by atoms with Crippen LogP contribution in [0.1, 0.15) is 49.1 Å². The SMILES string of the molecule is CCOc1ccc(N2C(=O)c3ccc(C(=O)N4CCc5cccc(C)c54)cc3C2=O)cc1. The quantitative estimate of drug-likeness (QED) is 0.580. The van der Waals surface area contributed by atoms with E-state index in [1.165, 1.54) is 0 Å². The first-order chi connectivity index (χ1) is 15.5. The maximum Gasteiger partial charge on any atom is 0.266 e. The lowest BCUT2D eigenvalue weighted by molar-refractivity contribution is 0.0925. The Morgan fingerprint density at radius 1 is 0.969 bits per heavy atom. The summed E-state index contributed by atoms with van der Waals surface area (Å²) in [6.07, 6.45) is 0.802. The normalized spacial score (nSPS) is 14.6. The number of amides is 3. The molecule has 2 aliphatic heterocycles. The van der Waals surface area contributed by atoms with Gasteiger partial charge in [0.25, 0.3) is 17.7 Å². The Morgan fingerprint density at radius 2 is 1.72 bits per heavy atom. The molecule has 3 aromatic rings. The lowest BCUT2D eigenvalue weighted by Gasteiger charge is -2.19. The van der Waals surface area contributed by atoms with Crippen molar-refractivity contribution in [2.75, 3.05) is 23.0 Å². The van der Waals surface area contributed by atoms with Crippen LogP contribution in [0, 0.1) is 6.92 Å². The third kappa shape index (κ3) is 3.07. The van der Waals surface area contributed by atoms with Gasteiger partial charge in [-0.3, -0.25) is 14.4 Å². The van der Waals surface area contributed by atoms with Crippen LogP contribution in [0.25, 0.3) is 0 Å². The minimum atomic E-state index is -0.429. The summed E-state index contributed by atoms with van der Waals surface area (Å²) in [7, 11) is 0. The summed E-state index contributed by atoms with van der Waals surface area (Å²) in [5.41, 5.74) is 4.55. The predicted octanol–water partition coefficient (Wildman–Crippen LogP) is 4.40.